The fourth-order valence-electron chi connectivity index (χ4n) is 4.37. The molecular formula is C31H32ClN5O7S. The Balaban J connectivity index is 1.51. The number of ether oxygens (including phenoxy) is 1. The molecule has 4 rings (SSSR count). The van der Waals surface area contributed by atoms with Crippen LogP contribution in [0.1, 0.15) is 72.4 Å². The number of benzene rings is 2. The summed E-state index contributed by atoms with van der Waals surface area (Å²) in [6.07, 6.45) is 3.23. The second-order valence-electron chi connectivity index (χ2n) is 11.3. The molecule has 2 amide bonds. The minimum atomic E-state index is -3.72. The molecule has 0 saturated heterocycles. The number of nitrogens with one attached hydrogen (secondary N) is 3. The molecule has 0 fully saturated rings. The van der Waals surface area contributed by atoms with Crippen LogP contribution in [0.15, 0.2) is 70.7 Å². The third-order valence-electron chi connectivity index (χ3n) is 6.43. The largest absolute Gasteiger partial charge is 0.460 e. The van der Waals surface area contributed by atoms with Crippen LogP contribution in [0.5, 0.6) is 0 Å². The van der Waals surface area contributed by atoms with Crippen LogP contribution in [-0.4, -0.2) is 53.0 Å². The summed E-state index contributed by atoms with van der Waals surface area (Å²) in [5, 5.41) is 5.42. The third kappa shape index (κ3) is 8.96. The molecule has 1 unspecified atom stereocenters. The number of H-pyrrole nitrogens is 1. The highest BCUT2D eigenvalue weighted by Crippen LogP contribution is 2.26. The Labute approximate surface area is 264 Å². The van der Waals surface area contributed by atoms with E-state index in [-0.39, 0.29) is 45.3 Å². The highest BCUT2D eigenvalue weighted by molar-refractivity contribution is 7.90. The summed E-state index contributed by atoms with van der Waals surface area (Å²) < 4.78 is 28.9. The average molecular weight is 654 g/mol. The van der Waals surface area contributed by atoms with Crippen molar-refractivity contribution in [3.63, 3.8) is 0 Å². The lowest BCUT2D eigenvalue weighted by atomic mass is 10.00. The van der Waals surface area contributed by atoms with E-state index in [1.54, 1.807) is 20.8 Å². The Morgan fingerprint density at radius 3 is 2.42 bits per heavy atom. The van der Waals surface area contributed by atoms with Gasteiger partial charge in [-0.25, -0.2) is 18.4 Å². The van der Waals surface area contributed by atoms with Gasteiger partial charge in [0.05, 0.1) is 16.8 Å². The predicted molar refractivity (Wildman–Crippen MR) is 169 cm³/mol. The lowest BCUT2D eigenvalue weighted by molar-refractivity contribution is -0.154. The smallest absolute Gasteiger partial charge is 0.306 e. The number of hydrogen-bond donors (Lipinski definition) is 3. The standard InChI is InChI=1S/C31H32ClN5O7S/c1-31(2,3)44-25(38)12-8-11-23(18-9-6-5-7-10-18)34-27(39)19-13-14-22(32)24(16-19)35-28(40)21-15-20-17-33-30(45(4,42)43)37-26(20)36-29(21)41/h5-7,9-10,13-17,23H,8,11-12H2,1-4H3,(H,34,39)(H,35,40)(H,33,36,37,41). The van der Waals surface area contributed by atoms with Crippen LogP contribution < -0.4 is 16.2 Å². The maximum Gasteiger partial charge on any atom is 0.306 e. The predicted octanol–water partition coefficient (Wildman–Crippen LogP) is 4.61. The fraction of sp³-hybridized carbons (Fsp3) is 0.290. The van der Waals surface area contributed by atoms with Gasteiger partial charge in [-0.1, -0.05) is 41.9 Å². The van der Waals surface area contributed by atoms with Crippen LogP contribution in [0.25, 0.3) is 11.0 Å². The number of fused-ring (bicyclic) bond motifs is 1. The lowest BCUT2D eigenvalue weighted by Gasteiger charge is -2.21. The molecule has 1 atom stereocenters. The highest BCUT2D eigenvalue weighted by atomic mass is 35.5. The molecule has 2 aromatic heterocycles. The van der Waals surface area contributed by atoms with Crippen molar-refractivity contribution >= 4 is 55.9 Å². The molecule has 0 spiro atoms. The van der Waals surface area contributed by atoms with Gasteiger partial charge in [0.1, 0.15) is 16.8 Å². The summed E-state index contributed by atoms with van der Waals surface area (Å²) in [6, 6.07) is 14.4. The maximum absolute atomic E-state index is 13.4. The van der Waals surface area contributed by atoms with Crippen LogP contribution in [-0.2, 0) is 19.4 Å². The van der Waals surface area contributed by atoms with Gasteiger partial charge in [-0.3, -0.25) is 19.2 Å². The molecule has 12 nitrogen and oxygen atoms in total. The number of amides is 2. The van der Waals surface area contributed by atoms with E-state index in [2.05, 4.69) is 25.6 Å². The zero-order valence-electron chi connectivity index (χ0n) is 25.0. The number of esters is 1. The molecule has 0 radical (unpaired) electrons. The Hall–Kier alpha value is -4.62. The molecular weight excluding hydrogens is 622 g/mol. The Bertz CT molecular complexity index is 1920. The van der Waals surface area contributed by atoms with E-state index in [0.29, 0.717) is 12.8 Å². The molecule has 0 saturated carbocycles. The van der Waals surface area contributed by atoms with Gasteiger partial charge in [-0.2, -0.15) is 0 Å². The third-order valence-corrected chi connectivity index (χ3v) is 7.61. The van der Waals surface area contributed by atoms with Gasteiger partial charge in [0, 0.05) is 29.8 Å². The number of sulfone groups is 1. The van der Waals surface area contributed by atoms with Crippen molar-refractivity contribution < 1.29 is 27.5 Å². The first kappa shape index (κ1) is 33.3. The van der Waals surface area contributed by atoms with Crippen molar-refractivity contribution in [2.45, 2.75) is 56.8 Å². The van der Waals surface area contributed by atoms with E-state index in [0.717, 1.165) is 11.8 Å². The first-order valence-corrected chi connectivity index (χ1v) is 16.2. The molecule has 2 heterocycles. The number of halogens is 1. The Morgan fingerprint density at radius 2 is 1.76 bits per heavy atom. The van der Waals surface area contributed by atoms with Crippen molar-refractivity contribution in [2.75, 3.05) is 11.6 Å². The molecule has 14 heteroatoms. The fourth-order valence-corrected chi connectivity index (χ4v) is 5.03. The average Bonchev–Trinajstić information content (AvgIpc) is 2.96. The van der Waals surface area contributed by atoms with E-state index >= 15 is 0 Å². The van der Waals surface area contributed by atoms with Crippen molar-refractivity contribution in [1.29, 1.82) is 0 Å². The molecule has 0 aliphatic heterocycles. The first-order chi connectivity index (χ1) is 21.1. The number of carbonyl (C=O) groups is 3. The molecule has 45 heavy (non-hydrogen) atoms. The van der Waals surface area contributed by atoms with Crippen LogP contribution in [0, 0.1) is 0 Å². The van der Waals surface area contributed by atoms with Gasteiger partial charge in [-0.15, -0.1) is 0 Å². The summed E-state index contributed by atoms with van der Waals surface area (Å²) in [6.45, 7) is 5.40. The van der Waals surface area contributed by atoms with Crippen LogP contribution in [0.3, 0.4) is 0 Å². The van der Waals surface area contributed by atoms with E-state index in [1.807, 2.05) is 30.3 Å². The normalized spacial score (nSPS) is 12.4. The topological polar surface area (TPSA) is 177 Å². The van der Waals surface area contributed by atoms with Crippen molar-refractivity contribution in [3.8, 4) is 0 Å². The van der Waals surface area contributed by atoms with Crippen LogP contribution >= 0.6 is 11.6 Å². The van der Waals surface area contributed by atoms with Gasteiger partial charge in [0.25, 0.3) is 17.4 Å². The second kappa shape index (κ2) is 13.6. The van der Waals surface area contributed by atoms with E-state index in [9.17, 15) is 27.6 Å². The SMILES string of the molecule is CC(C)(C)OC(=O)CCCC(NC(=O)c1ccc(Cl)c(NC(=O)c2cc3cnc(S(C)(=O)=O)nc3[nH]c2=O)c1)c1ccccc1. The van der Waals surface area contributed by atoms with Crippen LogP contribution in [0.2, 0.25) is 5.02 Å². The van der Waals surface area contributed by atoms with Gasteiger partial charge in [0.2, 0.25) is 15.0 Å². The number of rotatable bonds is 10. The van der Waals surface area contributed by atoms with Crippen molar-refractivity contribution in [3.05, 3.63) is 92.9 Å². The molecule has 2 aromatic carbocycles. The number of aromatic nitrogens is 3. The van der Waals surface area contributed by atoms with E-state index in [1.165, 1.54) is 30.5 Å². The number of anilines is 1. The second-order valence-corrected chi connectivity index (χ2v) is 13.6. The quantitative estimate of drug-likeness (QED) is 0.163. The number of pyridine rings is 1. The zero-order valence-corrected chi connectivity index (χ0v) is 26.6. The van der Waals surface area contributed by atoms with Gasteiger partial charge in [0.15, 0.2) is 0 Å². The monoisotopic (exact) mass is 653 g/mol. The van der Waals surface area contributed by atoms with E-state index < -0.39 is 44.0 Å². The van der Waals surface area contributed by atoms with E-state index in [4.69, 9.17) is 16.3 Å². The highest BCUT2D eigenvalue weighted by Gasteiger charge is 2.21. The summed E-state index contributed by atoms with van der Waals surface area (Å²) in [7, 11) is -3.72. The summed E-state index contributed by atoms with van der Waals surface area (Å²) in [4.78, 5) is 61.4. The van der Waals surface area contributed by atoms with Gasteiger partial charge >= 0.3 is 5.97 Å². The summed E-state index contributed by atoms with van der Waals surface area (Å²) >= 11 is 6.32. The molecule has 0 aliphatic carbocycles. The van der Waals surface area contributed by atoms with Crippen molar-refractivity contribution in [2.24, 2.45) is 0 Å². The van der Waals surface area contributed by atoms with Crippen LogP contribution in [0.4, 0.5) is 5.69 Å². The number of hydrogen-bond acceptors (Lipinski definition) is 9. The minimum absolute atomic E-state index is 0.0530. The molecule has 236 valence electrons. The molecule has 4 aromatic rings. The minimum Gasteiger partial charge on any atom is -0.460 e. The van der Waals surface area contributed by atoms with Gasteiger partial charge in [-0.05, 0) is 63.4 Å². The molecule has 3 N–H and O–H groups in total. The maximum atomic E-state index is 13.4. The lowest BCUT2D eigenvalue weighted by Crippen LogP contribution is -2.29. The summed E-state index contributed by atoms with van der Waals surface area (Å²) in [5.74, 6) is -1.60. The Kier molecular flexibility index (Phi) is 10.0. The first-order valence-electron chi connectivity index (χ1n) is 13.9. The Morgan fingerprint density at radius 1 is 1.04 bits per heavy atom. The summed E-state index contributed by atoms with van der Waals surface area (Å²) in [5.41, 5.74) is -0.649. The molecule has 0 aliphatic rings. The number of aromatic amines is 1. The number of carbonyl (C=O) groups excluding carboxylic acids is 3. The number of nitrogens with zero attached hydrogens (tertiary/aromatic N) is 2. The van der Waals surface area contributed by atoms with Crippen molar-refractivity contribution in [1.82, 2.24) is 20.3 Å². The zero-order chi connectivity index (χ0) is 32.9. The molecule has 0 bridgehead atoms. The van der Waals surface area contributed by atoms with Gasteiger partial charge < -0.3 is 20.4 Å².